The summed E-state index contributed by atoms with van der Waals surface area (Å²) in [5.41, 5.74) is 0. The van der Waals surface area contributed by atoms with Crippen LogP contribution in [0.2, 0.25) is 0 Å². The fourth-order valence-corrected chi connectivity index (χ4v) is 1.75. The Labute approximate surface area is 99.8 Å². The molecule has 1 fully saturated rings. The molecule has 1 N–H and O–H groups in total. The van der Waals surface area contributed by atoms with E-state index in [1.54, 1.807) is 0 Å². The zero-order valence-corrected chi connectivity index (χ0v) is 9.80. The molecule has 0 spiro atoms. The van der Waals surface area contributed by atoms with Crippen LogP contribution in [-0.4, -0.2) is 54.5 Å². The summed E-state index contributed by atoms with van der Waals surface area (Å²) in [6.45, 7) is 3.57. The fourth-order valence-electron chi connectivity index (χ4n) is 1.75. The number of amides is 1. The number of likely N-dealkylation sites (tertiary alicyclic amines) is 1. The van der Waals surface area contributed by atoms with E-state index in [4.69, 9.17) is 4.74 Å². The van der Waals surface area contributed by atoms with Crippen molar-refractivity contribution in [2.45, 2.75) is 25.0 Å². The fraction of sp³-hybridized carbons (Fsp3) is 0.636. The molecule has 1 saturated heterocycles. The molecule has 6 nitrogen and oxygen atoms in total. The van der Waals surface area contributed by atoms with Crippen molar-refractivity contribution in [3.63, 3.8) is 0 Å². The number of ether oxygens (including phenoxy) is 2. The lowest BCUT2D eigenvalue weighted by molar-refractivity contribution is -0.148. The summed E-state index contributed by atoms with van der Waals surface area (Å²) in [5, 5.41) is 9.50. The summed E-state index contributed by atoms with van der Waals surface area (Å²) in [5.74, 6) is -0.493. The zero-order chi connectivity index (χ0) is 12.8. The Kier molecular flexibility index (Phi) is 4.96. The minimum atomic E-state index is -0.680. The van der Waals surface area contributed by atoms with Crippen LogP contribution in [-0.2, 0) is 14.3 Å². The van der Waals surface area contributed by atoms with Gasteiger partial charge in [-0.2, -0.15) is 0 Å². The predicted molar refractivity (Wildman–Crippen MR) is 59.3 cm³/mol. The number of methoxy groups -OCH3 is 1. The van der Waals surface area contributed by atoms with Gasteiger partial charge in [0.25, 0.3) is 0 Å². The molecule has 6 heteroatoms. The molecule has 1 aliphatic heterocycles. The average molecular weight is 243 g/mol. The number of rotatable bonds is 3. The van der Waals surface area contributed by atoms with Crippen LogP contribution in [0.1, 0.15) is 12.8 Å². The van der Waals surface area contributed by atoms with E-state index in [1.807, 2.05) is 0 Å². The number of hydrogen-bond donors (Lipinski definition) is 1. The van der Waals surface area contributed by atoms with Crippen LogP contribution in [0.4, 0.5) is 4.79 Å². The molecule has 17 heavy (non-hydrogen) atoms. The van der Waals surface area contributed by atoms with Gasteiger partial charge >= 0.3 is 12.1 Å². The molecule has 0 aromatic rings. The van der Waals surface area contributed by atoms with Gasteiger partial charge in [0.05, 0.1) is 19.8 Å². The van der Waals surface area contributed by atoms with E-state index >= 15 is 0 Å². The maximum absolute atomic E-state index is 11.7. The summed E-state index contributed by atoms with van der Waals surface area (Å²) in [6, 6.07) is -0.680. The molecule has 1 aliphatic rings. The number of piperidine rings is 1. The summed E-state index contributed by atoms with van der Waals surface area (Å²) in [7, 11) is 1.26. The molecule has 1 amide bonds. The smallest absolute Gasteiger partial charge is 0.410 e. The Morgan fingerprint density at radius 1 is 1.53 bits per heavy atom. The standard InChI is InChI=1S/C11H17NO5/c1-3-6-17-11(15)12-7-8(13)4-5-9(12)10(14)16-2/h3,8-9,13H,1,4-7H2,2H3/t8-,9+/m1/s1. The highest BCUT2D eigenvalue weighted by molar-refractivity contribution is 5.81. The normalized spacial score (nSPS) is 24.0. The van der Waals surface area contributed by atoms with Gasteiger partial charge in [-0.15, -0.1) is 0 Å². The van der Waals surface area contributed by atoms with Gasteiger partial charge < -0.3 is 14.6 Å². The van der Waals surface area contributed by atoms with E-state index in [-0.39, 0.29) is 13.2 Å². The van der Waals surface area contributed by atoms with Crippen molar-refractivity contribution in [1.82, 2.24) is 4.90 Å². The second-order valence-corrected chi connectivity index (χ2v) is 3.79. The Balaban J connectivity index is 2.70. The number of carbonyl (C=O) groups excluding carboxylic acids is 2. The number of esters is 1. The lowest BCUT2D eigenvalue weighted by Crippen LogP contribution is -2.52. The van der Waals surface area contributed by atoms with E-state index in [0.29, 0.717) is 12.8 Å². The maximum Gasteiger partial charge on any atom is 0.410 e. The predicted octanol–water partition coefficient (Wildman–Crippen LogP) is 0.307. The van der Waals surface area contributed by atoms with Crippen molar-refractivity contribution in [2.75, 3.05) is 20.3 Å². The number of nitrogens with zero attached hydrogens (tertiary/aromatic N) is 1. The Bertz CT molecular complexity index is 304. The van der Waals surface area contributed by atoms with Crippen LogP contribution in [0.25, 0.3) is 0 Å². The van der Waals surface area contributed by atoms with E-state index < -0.39 is 24.2 Å². The third-order valence-electron chi connectivity index (χ3n) is 2.59. The minimum Gasteiger partial charge on any atom is -0.467 e. The van der Waals surface area contributed by atoms with Gasteiger partial charge in [-0.05, 0) is 12.8 Å². The number of β-amino-alcohol motifs (C(OH)–C–C–N with tert-alkyl or cyclic N) is 1. The number of hydrogen-bond acceptors (Lipinski definition) is 5. The second kappa shape index (κ2) is 6.24. The molecular formula is C11H17NO5. The first-order chi connectivity index (χ1) is 8.10. The van der Waals surface area contributed by atoms with Crippen molar-refractivity contribution in [1.29, 1.82) is 0 Å². The highest BCUT2D eigenvalue weighted by Gasteiger charge is 2.36. The molecule has 0 unspecified atom stereocenters. The van der Waals surface area contributed by atoms with E-state index in [2.05, 4.69) is 11.3 Å². The molecule has 0 radical (unpaired) electrons. The molecule has 1 rings (SSSR count). The first-order valence-corrected chi connectivity index (χ1v) is 5.40. The maximum atomic E-state index is 11.7. The van der Waals surface area contributed by atoms with Gasteiger partial charge in [-0.1, -0.05) is 12.7 Å². The summed E-state index contributed by atoms with van der Waals surface area (Å²) in [4.78, 5) is 24.4. The first kappa shape index (κ1) is 13.5. The average Bonchev–Trinajstić information content (AvgIpc) is 2.34. The number of aliphatic hydroxyl groups is 1. The van der Waals surface area contributed by atoms with E-state index in [0.717, 1.165) is 0 Å². The summed E-state index contributed by atoms with van der Waals surface area (Å²) < 4.78 is 9.47. The van der Waals surface area contributed by atoms with Crippen LogP contribution < -0.4 is 0 Å². The Morgan fingerprint density at radius 3 is 2.82 bits per heavy atom. The highest BCUT2D eigenvalue weighted by Crippen LogP contribution is 2.19. The summed E-state index contributed by atoms with van der Waals surface area (Å²) >= 11 is 0. The molecule has 96 valence electrons. The van der Waals surface area contributed by atoms with Crippen molar-refractivity contribution in [3.05, 3.63) is 12.7 Å². The van der Waals surface area contributed by atoms with Crippen molar-refractivity contribution in [2.24, 2.45) is 0 Å². The van der Waals surface area contributed by atoms with Crippen molar-refractivity contribution < 1.29 is 24.2 Å². The number of carbonyl (C=O) groups is 2. The SMILES string of the molecule is C=CCOC(=O)N1C[C@H](O)CC[C@H]1C(=O)OC. The van der Waals surface area contributed by atoms with Crippen molar-refractivity contribution >= 4 is 12.1 Å². The lowest BCUT2D eigenvalue weighted by atomic mass is 10.0. The number of aliphatic hydroxyl groups excluding tert-OH is 1. The molecule has 0 aliphatic carbocycles. The third kappa shape index (κ3) is 3.45. The van der Waals surface area contributed by atoms with Gasteiger partial charge in [-0.3, -0.25) is 4.90 Å². The minimum absolute atomic E-state index is 0.0688. The lowest BCUT2D eigenvalue weighted by Gasteiger charge is -2.35. The third-order valence-corrected chi connectivity index (χ3v) is 2.59. The van der Waals surface area contributed by atoms with Gasteiger partial charge in [0.1, 0.15) is 12.6 Å². The molecule has 0 bridgehead atoms. The van der Waals surface area contributed by atoms with E-state index in [1.165, 1.54) is 18.1 Å². The molecular weight excluding hydrogens is 226 g/mol. The molecule has 0 saturated carbocycles. The van der Waals surface area contributed by atoms with Gasteiger partial charge in [0.2, 0.25) is 0 Å². The Hall–Kier alpha value is -1.56. The zero-order valence-electron chi connectivity index (χ0n) is 9.80. The molecule has 2 atom stereocenters. The van der Waals surface area contributed by atoms with Crippen LogP contribution >= 0.6 is 0 Å². The quantitative estimate of drug-likeness (QED) is 0.570. The van der Waals surface area contributed by atoms with Crippen LogP contribution in [0.5, 0.6) is 0 Å². The van der Waals surface area contributed by atoms with Crippen LogP contribution in [0, 0.1) is 0 Å². The van der Waals surface area contributed by atoms with Crippen molar-refractivity contribution in [3.8, 4) is 0 Å². The van der Waals surface area contributed by atoms with E-state index in [9.17, 15) is 14.7 Å². The largest absolute Gasteiger partial charge is 0.467 e. The first-order valence-electron chi connectivity index (χ1n) is 5.40. The molecule has 0 aromatic heterocycles. The molecule has 0 aromatic carbocycles. The monoisotopic (exact) mass is 243 g/mol. The van der Waals surface area contributed by atoms with Gasteiger partial charge in [0.15, 0.2) is 0 Å². The topological polar surface area (TPSA) is 76.1 Å². The Morgan fingerprint density at radius 2 is 2.24 bits per heavy atom. The molecule has 1 heterocycles. The van der Waals surface area contributed by atoms with Gasteiger partial charge in [-0.25, -0.2) is 9.59 Å². The second-order valence-electron chi connectivity index (χ2n) is 3.79. The van der Waals surface area contributed by atoms with Crippen LogP contribution in [0.15, 0.2) is 12.7 Å². The van der Waals surface area contributed by atoms with Crippen LogP contribution in [0.3, 0.4) is 0 Å². The summed E-state index contributed by atoms with van der Waals surface area (Å²) in [6.07, 6.45) is 0.999. The highest BCUT2D eigenvalue weighted by atomic mass is 16.6. The van der Waals surface area contributed by atoms with Gasteiger partial charge in [0, 0.05) is 0 Å².